The van der Waals surface area contributed by atoms with Crippen LogP contribution in [0.2, 0.25) is 0 Å². The second kappa shape index (κ2) is 4.51. The normalized spacial score (nSPS) is 14.9. The van der Waals surface area contributed by atoms with Gasteiger partial charge in [-0.05, 0) is 31.3 Å². The molecule has 0 heterocycles. The van der Waals surface area contributed by atoms with Crippen LogP contribution in [0.3, 0.4) is 0 Å². The predicted octanol–water partition coefficient (Wildman–Crippen LogP) is 1.69. The van der Waals surface area contributed by atoms with E-state index in [-0.39, 0.29) is 0 Å². The summed E-state index contributed by atoms with van der Waals surface area (Å²) in [5.41, 5.74) is 1.40. The van der Waals surface area contributed by atoms with Crippen molar-refractivity contribution in [3.05, 3.63) is 11.3 Å². The van der Waals surface area contributed by atoms with Gasteiger partial charge in [0.05, 0.1) is 7.11 Å². The lowest BCUT2D eigenvalue weighted by molar-refractivity contribution is 0.174. The number of hydrogen-bond acceptors (Lipinski definition) is 3. The van der Waals surface area contributed by atoms with Gasteiger partial charge < -0.3 is 4.74 Å². The molecule has 0 aromatic heterocycles. The molecule has 0 unspecified atom stereocenters. The number of allylic oxidation sites excluding steroid dienone is 2. The number of carbonyl (C=O) groups is 1. The van der Waals surface area contributed by atoms with Crippen molar-refractivity contribution in [3.63, 3.8) is 0 Å². The molecule has 1 fully saturated rings. The van der Waals surface area contributed by atoms with E-state index < -0.39 is 6.09 Å². The van der Waals surface area contributed by atoms with E-state index in [1.165, 1.54) is 7.11 Å². The Morgan fingerprint density at radius 2 is 2.15 bits per heavy atom. The van der Waals surface area contributed by atoms with E-state index >= 15 is 0 Å². The maximum absolute atomic E-state index is 10.8. The van der Waals surface area contributed by atoms with Gasteiger partial charge in [-0.1, -0.05) is 0 Å². The van der Waals surface area contributed by atoms with Gasteiger partial charge in [0.15, 0.2) is 0 Å². The van der Waals surface area contributed by atoms with Crippen molar-refractivity contribution < 1.29 is 9.53 Å². The van der Waals surface area contributed by atoms with Crippen molar-refractivity contribution in [3.8, 4) is 6.07 Å². The van der Waals surface area contributed by atoms with Gasteiger partial charge in [0.2, 0.25) is 0 Å². The minimum atomic E-state index is -0.573. The Labute approximate surface area is 77.2 Å². The molecule has 1 N–H and O–H groups in total. The number of hydrogen-bond donors (Lipinski definition) is 1. The van der Waals surface area contributed by atoms with E-state index in [1.54, 1.807) is 0 Å². The maximum atomic E-state index is 10.8. The van der Waals surface area contributed by atoms with Gasteiger partial charge in [-0.3, -0.25) is 5.32 Å². The fraction of sp³-hybridized carbons (Fsp3) is 0.556. The highest BCUT2D eigenvalue weighted by molar-refractivity contribution is 5.70. The Bertz CT molecular complexity index is 268. The summed E-state index contributed by atoms with van der Waals surface area (Å²) in [5.74, 6) is 0. The lowest BCUT2D eigenvalue weighted by Crippen LogP contribution is -2.22. The highest BCUT2D eigenvalue weighted by atomic mass is 16.5. The molecular formula is C9H12N2O2. The van der Waals surface area contributed by atoms with Crippen LogP contribution in [0.4, 0.5) is 4.79 Å². The van der Waals surface area contributed by atoms with E-state index in [1.807, 2.05) is 6.07 Å². The van der Waals surface area contributed by atoms with Crippen molar-refractivity contribution in [1.82, 2.24) is 5.32 Å². The molecule has 1 amide bonds. The van der Waals surface area contributed by atoms with Gasteiger partial charge in [0.1, 0.15) is 11.8 Å². The molecule has 4 heteroatoms. The largest absolute Gasteiger partial charge is 0.453 e. The predicted molar refractivity (Wildman–Crippen MR) is 46.6 cm³/mol. The Morgan fingerprint density at radius 3 is 2.62 bits per heavy atom. The summed E-state index contributed by atoms with van der Waals surface area (Å²) >= 11 is 0. The summed E-state index contributed by atoms with van der Waals surface area (Å²) in [7, 11) is 1.28. The first-order valence-corrected chi connectivity index (χ1v) is 4.25. The maximum Gasteiger partial charge on any atom is 0.411 e. The number of rotatable bonds is 1. The van der Waals surface area contributed by atoms with Gasteiger partial charge >= 0.3 is 6.09 Å². The molecule has 4 nitrogen and oxygen atoms in total. The van der Waals surface area contributed by atoms with Crippen LogP contribution < -0.4 is 5.32 Å². The number of ether oxygens (including phenoxy) is 1. The van der Waals surface area contributed by atoms with E-state index in [2.05, 4.69) is 10.1 Å². The number of methoxy groups -OCH3 is 1. The lowest BCUT2D eigenvalue weighted by atomic mass is 10.2. The number of amides is 1. The van der Waals surface area contributed by atoms with Crippen molar-refractivity contribution in [2.24, 2.45) is 0 Å². The minimum absolute atomic E-state index is 0.365. The van der Waals surface area contributed by atoms with Crippen LogP contribution in [0.15, 0.2) is 11.3 Å². The quantitative estimate of drug-likeness (QED) is 0.624. The standard InChI is InChI=1S/C9H12N2O2/c1-13-9(12)11-8(6-10)7-4-2-3-5-7/h2-5H2,1H3,(H,11,12). The summed E-state index contributed by atoms with van der Waals surface area (Å²) in [6.45, 7) is 0. The van der Waals surface area contributed by atoms with Crippen molar-refractivity contribution in [2.45, 2.75) is 25.7 Å². The molecule has 0 aliphatic heterocycles. The Hall–Kier alpha value is -1.50. The zero-order valence-corrected chi connectivity index (χ0v) is 7.59. The lowest BCUT2D eigenvalue weighted by Gasteiger charge is -2.04. The molecule has 0 atom stereocenters. The fourth-order valence-electron chi connectivity index (χ4n) is 1.40. The molecule has 0 saturated heterocycles. The van der Waals surface area contributed by atoms with Crippen LogP contribution in [0.25, 0.3) is 0 Å². The topological polar surface area (TPSA) is 62.1 Å². The molecule has 0 radical (unpaired) electrons. The molecule has 0 spiro atoms. The first-order chi connectivity index (χ1) is 6.27. The molecule has 13 heavy (non-hydrogen) atoms. The van der Waals surface area contributed by atoms with Gasteiger partial charge in [0, 0.05) is 0 Å². The van der Waals surface area contributed by atoms with Crippen LogP contribution in [-0.2, 0) is 4.74 Å². The second-order valence-corrected chi connectivity index (χ2v) is 2.91. The number of nitrogens with one attached hydrogen (secondary N) is 1. The highest BCUT2D eigenvalue weighted by Crippen LogP contribution is 2.25. The first-order valence-electron chi connectivity index (χ1n) is 4.25. The summed E-state index contributed by atoms with van der Waals surface area (Å²) in [6, 6.07) is 1.98. The highest BCUT2D eigenvalue weighted by Gasteiger charge is 2.14. The Morgan fingerprint density at radius 1 is 1.54 bits per heavy atom. The second-order valence-electron chi connectivity index (χ2n) is 2.91. The van der Waals surface area contributed by atoms with Crippen molar-refractivity contribution >= 4 is 6.09 Å². The Balaban J connectivity index is 2.67. The molecule has 1 saturated carbocycles. The molecule has 0 bridgehead atoms. The molecule has 70 valence electrons. The number of nitriles is 1. The van der Waals surface area contributed by atoms with Gasteiger partial charge in [0.25, 0.3) is 0 Å². The third kappa shape index (κ3) is 2.48. The van der Waals surface area contributed by atoms with Crippen LogP contribution in [0.5, 0.6) is 0 Å². The van der Waals surface area contributed by atoms with Crippen LogP contribution in [0, 0.1) is 11.3 Å². The Kier molecular flexibility index (Phi) is 3.32. The molecule has 1 aliphatic carbocycles. The summed E-state index contributed by atoms with van der Waals surface area (Å²) < 4.78 is 4.41. The van der Waals surface area contributed by atoms with E-state index in [4.69, 9.17) is 5.26 Å². The third-order valence-corrected chi connectivity index (χ3v) is 2.08. The van der Waals surface area contributed by atoms with Crippen molar-refractivity contribution in [1.29, 1.82) is 5.26 Å². The smallest absolute Gasteiger partial charge is 0.411 e. The monoisotopic (exact) mass is 180 g/mol. The molecule has 1 rings (SSSR count). The van der Waals surface area contributed by atoms with Gasteiger partial charge in [-0.25, -0.2) is 4.79 Å². The third-order valence-electron chi connectivity index (χ3n) is 2.08. The van der Waals surface area contributed by atoms with Gasteiger partial charge in [-0.2, -0.15) is 5.26 Å². The van der Waals surface area contributed by atoms with E-state index in [9.17, 15) is 4.79 Å². The zero-order chi connectivity index (χ0) is 9.68. The van der Waals surface area contributed by atoms with E-state index in [0.717, 1.165) is 31.3 Å². The average Bonchev–Trinajstić information content (AvgIpc) is 2.66. The van der Waals surface area contributed by atoms with Gasteiger partial charge in [-0.15, -0.1) is 0 Å². The summed E-state index contributed by atoms with van der Waals surface area (Å²) in [6.07, 6.45) is 3.45. The fourth-order valence-corrected chi connectivity index (χ4v) is 1.40. The molecule has 0 aromatic rings. The summed E-state index contributed by atoms with van der Waals surface area (Å²) in [5, 5.41) is 11.2. The molecular weight excluding hydrogens is 168 g/mol. The number of alkyl carbamates (subject to hydrolysis) is 1. The van der Waals surface area contributed by atoms with Crippen LogP contribution >= 0.6 is 0 Å². The SMILES string of the molecule is COC(=O)NC(C#N)=C1CCCC1. The van der Waals surface area contributed by atoms with Crippen LogP contribution in [0.1, 0.15) is 25.7 Å². The van der Waals surface area contributed by atoms with E-state index in [0.29, 0.717) is 5.70 Å². The first kappa shape index (κ1) is 9.59. The zero-order valence-electron chi connectivity index (χ0n) is 7.59. The van der Waals surface area contributed by atoms with Crippen LogP contribution in [-0.4, -0.2) is 13.2 Å². The minimum Gasteiger partial charge on any atom is -0.453 e. The van der Waals surface area contributed by atoms with Crippen molar-refractivity contribution in [2.75, 3.05) is 7.11 Å². The number of nitrogens with zero attached hydrogens (tertiary/aromatic N) is 1. The molecule has 1 aliphatic rings. The average molecular weight is 180 g/mol. The number of carbonyl (C=O) groups excluding carboxylic acids is 1. The molecule has 0 aromatic carbocycles. The summed E-state index contributed by atoms with van der Waals surface area (Å²) in [4.78, 5) is 10.8.